The molecule has 0 N–H and O–H groups in total. The summed E-state index contributed by atoms with van der Waals surface area (Å²) in [4.78, 5) is 0. The van der Waals surface area contributed by atoms with Crippen LogP contribution < -0.4 is 14.2 Å². The largest absolute Gasteiger partial charge is 0.490 e. The second kappa shape index (κ2) is 54.6. The van der Waals surface area contributed by atoms with Gasteiger partial charge < -0.3 is 14.2 Å². The first kappa shape index (κ1) is 62.6. The fourth-order valence-electron chi connectivity index (χ4n) is 9.88. The number of hydrogen-bond donors (Lipinski definition) is 0. The van der Waals surface area contributed by atoms with Crippen molar-refractivity contribution in [3.63, 3.8) is 0 Å². The molecular weight excluding hydrogens is 805 g/mol. The van der Waals surface area contributed by atoms with Crippen LogP contribution in [0, 0.1) is 0 Å². The molecule has 0 amide bonds. The Kier molecular flexibility index (Phi) is 51.8. The van der Waals surface area contributed by atoms with Crippen molar-refractivity contribution in [2.75, 3.05) is 19.8 Å². The van der Waals surface area contributed by atoms with Gasteiger partial charge in [-0.3, -0.25) is 0 Å². The second-order valence-electron chi connectivity index (χ2n) is 21.1. The molecule has 0 atom stereocenters. The maximum absolute atomic E-state index is 6.52. The van der Waals surface area contributed by atoms with E-state index in [0.717, 1.165) is 56.3 Å². The Balaban J connectivity index is 2.28. The summed E-state index contributed by atoms with van der Waals surface area (Å²) in [6.07, 6.45) is 71.1. The first-order chi connectivity index (χ1) is 32.8. The van der Waals surface area contributed by atoms with E-state index >= 15 is 0 Å². The van der Waals surface area contributed by atoms with Gasteiger partial charge >= 0.3 is 0 Å². The van der Waals surface area contributed by atoms with E-state index in [-0.39, 0.29) is 0 Å². The minimum Gasteiger partial charge on any atom is -0.490 e. The number of rotatable bonds is 57. The third-order valence-corrected chi connectivity index (χ3v) is 14.4. The van der Waals surface area contributed by atoms with Gasteiger partial charge in [-0.05, 0) is 31.4 Å². The van der Waals surface area contributed by atoms with Gasteiger partial charge in [-0.1, -0.05) is 335 Å². The number of para-hydroxylation sites is 1. The van der Waals surface area contributed by atoms with Crippen molar-refractivity contribution < 1.29 is 14.2 Å². The zero-order chi connectivity index (χ0) is 47.2. The van der Waals surface area contributed by atoms with Crippen LogP contribution in [0.3, 0.4) is 0 Å². The highest BCUT2D eigenvalue weighted by Crippen LogP contribution is 2.38. The first-order valence-electron chi connectivity index (χ1n) is 30.8. The fraction of sp³-hybridized carbons (Fsp3) is 0.905. The van der Waals surface area contributed by atoms with E-state index in [1.807, 2.05) is 0 Å². The second-order valence-corrected chi connectivity index (χ2v) is 21.1. The summed E-state index contributed by atoms with van der Waals surface area (Å²) < 4.78 is 19.4. The van der Waals surface area contributed by atoms with Crippen molar-refractivity contribution in [3.8, 4) is 17.2 Å². The average molecular weight is 926 g/mol. The van der Waals surface area contributed by atoms with Crippen LogP contribution in [0.5, 0.6) is 17.2 Å². The minimum absolute atomic E-state index is 0.744. The van der Waals surface area contributed by atoms with Crippen molar-refractivity contribution in [3.05, 3.63) is 18.2 Å². The molecule has 0 aliphatic heterocycles. The van der Waals surface area contributed by atoms with Crippen LogP contribution in [-0.4, -0.2) is 19.8 Å². The van der Waals surface area contributed by atoms with Crippen molar-refractivity contribution in [1.29, 1.82) is 0 Å². The van der Waals surface area contributed by atoms with Crippen LogP contribution in [0.1, 0.15) is 348 Å². The zero-order valence-electron chi connectivity index (χ0n) is 45.6. The van der Waals surface area contributed by atoms with Crippen molar-refractivity contribution in [2.24, 2.45) is 0 Å². The monoisotopic (exact) mass is 925 g/mol. The van der Waals surface area contributed by atoms with Gasteiger partial charge in [-0.25, -0.2) is 0 Å². The third-order valence-electron chi connectivity index (χ3n) is 14.4. The van der Waals surface area contributed by atoms with Crippen molar-refractivity contribution in [1.82, 2.24) is 0 Å². The van der Waals surface area contributed by atoms with E-state index in [9.17, 15) is 0 Å². The molecule has 1 rings (SSSR count). The number of ether oxygens (including phenoxy) is 3. The van der Waals surface area contributed by atoms with E-state index in [1.165, 1.54) is 308 Å². The molecule has 0 bridgehead atoms. The lowest BCUT2D eigenvalue weighted by molar-refractivity contribution is 0.234. The lowest BCUT2D eigenvalue weighted by Gasteiger charge is -2.17. The molecule has 1 aromatic rings. The summed E-state index contributed by atoms with van der Waals surface area (Å²) in [6, 6.07) is 6.29. The molecule has 1 aromatic carbocycles. The van der Waals surface area contributed by atoms with Crippen LogP contribution in [-0.2, 0) is 0 Å². The molecule has 0 radical (unpaired) electrons. The Labute approximate surface area is 416 Å². The molecule has 0 saturated carbocycles. The molecule has 0 aromatic heterocycles. The molecule has 0 unspecified atom stereocenters. The lowest BCUT2D eigenvalue weighted by Crippen LogP contribution is -2.06. The average Bonchev–Trinajstić information content (AvgIpc) is 3.33. The Hall–Kier alpha value is -1.38. The van der Waals surface area contributed by atoms with E-state index in [1.54, 1.807) is 0 Å². The summed E-state index contributed by atoms with van der Waals surface area (Å²) >= 11 is 0. The van der Waals surface area contributed by atoms with Gasteiger partial charge in [0.05, 0.1) is 19.8 Å². The SMILES string of the molecule is CCCCCCCCCCCCCCCCCCCOc1cccc(OCCCCCCCCCCCCCCCCCCC)c1OCCCCCCCCCCCCCCCCCCC. The molecule has 66 heavy (non-hydrogen) atoms. The Bertz CT molecular complexity index is 980. The van der Waals surface area contributed by atoms with Gasteiger partial charge in [0.15, 0.2) is 11.5 Å². The van der Waals surface area contributed by atoms with Gasteiger partial charge in [0.1, 0.15) is 0 Å². The highest BCUT2D eigenvalue weighted by atomic mass is 16.5. The third kappa shape index (κ3) is 45.1. The van der Waals surface area contributed by atoms with Crippen molar-refractivity contribution in [2.45, 2.75) is 348 Å². The zero-order valence-corrected chi connectivity index (χ0v) is 45.6. The molecule has 0 fully saturated rings. The van der Waals surface area contributed by atoms with E-state index in [2.05, 4.69) is 39.0 Å². The Morgan fingerprint density at radius 3 is 0.576 bits per heavy atom. The molecule has 0 aliphatic carbocycles. The molecule has 0 spiro atoms. The minimum atomic E-state index is 0.744. The highest BCUT2D eigenvalue weighted by Gasteiger charge is 2.13. The summed E-state index contributed by atoms with van der Waals surface area (Å²) in [5, 5.41) is 0. The van der Waals surface area contributed by atoms with Gasteiger partial charge in [0, 0.05) is 0 Å². The molecule has 0 heterocycles. The Morgan fingerprint density at radius 1 is 0.212 bits per heavy atom. The van der Waals surface area contributed by atoms with E-state index < -0.39 is 0 Å². The topological polar surface area (TPSA) is 27.7 Å². The lowest BCUT2D eigenvalue weighted by atomic mass is 10.0. The van der Waals surface area contributed by atoms with Gasteiger partial charge in [-0.2, -0.15) is 0 Å². The molecule has 390 valence electrons. The molecule has 0 aliphatic rings. The van der Waals surface area contributed by atoms with Crippen LogP contribution >= 0.6 is 0 Å². The quantitative estimate of drug-likeness (QED) is 0.0609. The maximum atomic E-state index is 6.52. The number of hydrogen-bond acceptors (Lipinski definition) is 3. The van der Waals surface area contributed by atoms with Gasteiger partial charge in [0.2, 0.25) is 5.75 Å². The highest BCUT2D eigenvalue weighted by molar-refractivity contribution is 5.51. The fourth-order valence-corrected chi connectivity index (χ4v) is 9.88. The summed E-state index contributed by atoms with van der Waals surface area (Å²) in [5.74, 6) is 2.59. The Morgan fingerprint density at radius 2 is 0.379 bits per heavy atom. The van der Waals surface area contributed by atoms with Crippen molar-refractivity contribution >= 4 is 0 Å². The maximum Gasteiger partial charge on any atom is 0.203 e. The van der Waals surface area contributed by atoms with Crippen LogP contribution in [0.4, 0.5) is 0 Å². The standard InChI is InChI=1S/C63H120O3/c1-4-7-10-13-16-19-22-25-28-31-34-37-40-43-46-49-52-58-64-61-56-55-57-62(65-59-53-50-47-44-41-38-35-32-29-26-23-20-17-14-11-8-5-2)63(61)66-60-54-51-48-45-42-39-36-33-30-27-24-21-18-15-12-9-6-3/h55-57H,4-54,58-60H2,1-3H3. The molecular formula is C63H120O3. The van der Waals surface area contributed by atoms with Crippen LogP contribution in [0.2, 0.25) is 0 Å². The molecule has 3 nitrogen and oxygen atoms in total. The van der Waals surface area contributed by atoms with Gasteiger partial charge in [0.25, 0.3) is 0 Å². The smallest absolute Gasteiger partial charge is 0.203 e. The molecule has 0 saturated heterocycles. The normalized spacial score (nSPS) is 11.5. The van der Waals surface area contributed by atoms with E-state index in [0.29, 0.717) is 0 Å². The van der Waals surface area contributed by atoms with Gasteiger partial charge in [-0.15, -0.1) is 0 Å². The summed E-state index contributed by atoms with van der Waals surface area (Å²) in [7, 11) is 0. The van der Waals surface area contributed by atoms with Crippen LogP contribution in [0.15, 0.2) is 18.2 Å². The summed E-state index contributed by atoms with van der Waals surface area (Å²) in [6.45, 7) is 9.19. The number of unbranched alkanes of at least 4 members (excludes halogenated alkanes) is 48. The first-order valence-corrected chi connectivity index (χ1v) is 30.8. The predicted octanol–water partition coefficient (Wildman–Crippen LogP) is 22.8. The number of benzene rings is 1. The summed E-state index contributed by atoms with van der Waals surface area (Å²) in [5.41, 5.74) is 0. The van der Waals surface area contributed by atoms with E-state index in [4.69, 9.17) is 14.2 Å². The molecule has 3 heteroatoms. The van der Waals surface area contributed by atoms with Crippen LogP contribution in [0.25, 0.3) is 0 Å². The predicted molar refractivity (Wildman–Crippen MR) is 295 cm³/mol.